The van der Waals surface area contributed by atoms with Crippen LogP contribution in [-0.2, 0) is 6.42 Å². The number of hydrogen-bond donors (Lipinski definition) is 1. The molecule has 3 aromatic heterocycles. The molecule has 26 heavy (non-hydrogen) atoms. The summed E-state index contributed by atoms with van der Waals surface area (Å²) >= 11 is 3.11. The van der Waals surface area contributed by atoms with E-state index >= 15 is 0 Å². The van der Waals surface area contributed by atoms with Gasteiger partial charge in [0.15, 0.2) is 0 Å². The molecule has 1 N–H and O–H groups in total. The molecule has 0 bridgehead atoms. The van der Waals surface area contributed by atoms with Crippen LogP contribution in [0.3, 0.4) is 0 Å². The number of nitro benzene ring substituents is 1. The predicted molar refractivity (Wildman–Crippen MR) is 104 cm³/mol. The van der Waals surface area contributed by atoms with Crippen LogP contribution in [0.2, 0.25) is 0 Å². The lowest BCUT2D eigenvalue weighted by Gasteiger charge is -2.02. The van der Waals surface area contributed by atoms with Gasteiger partial charge in [-0.1, -0.05) is 18.2 Å². The molecule has 0 saturated heterocycles. The van der Waals surface area contributed by atoms with Crippen molar-refractivity contribution < 1.29 is 4.92 Å². The highest BCUT2D eigenvalue weighted by Crippen LogP contribution is 2.37. The number of benzene rings is 1. The Balaban J connectivity index is 1.74. The maximum absolute atomic E-state index is 12.7. The maximum Gasteiger partial charge on any atom is 0.269 e. The third-order valence-electron chi connectivity index (χ3n) is 4.07. The Kier molecular flexibility index (Phi) is 4.14. The molecular formula is C18H13N3O3S2. The van der Waals surface area contributed by atoms with Gasteiger partial charge in [-0.05, 0) is 23.9 Å². The van der Waals surface area contributed by atoms with Crippen molar-refractivity contribution >= 4 is 38.6 Å². The van der Waals surface area contributed by atoms with Gasteiger partial charge in [-0.25, -0.2) is 4.98 Å². The van der Waals surface area contributed by atoms with Crippen molar-refractivity contribution in [3.05, 3.63) is 78.5 Å². The normalized spacial score (nSPS) is 11.1. The first-order valence-electron chi connectivity index (χ1n) is 7.82. The molecule has 8 heteroatoms. The van der Waals surface area contributed by atoms with Crippen LogP contribution in [0.25, 0.3) is 20.7 Å². The monoisotopic (exact) mass is 383 g/mol. The molecular weight excluding hydrogens is 370 g/mol. The summed E-state index contributed by atoms with van der Waals surface area (Å²) in [7, 11) is 0. The van der Waals surface area contributed by atoms with Gasteiger partial charge in [-0.15, -0.1) is 22.7 Å². The van der Waals surface area contributed by atoms with Crippen molar-refractivity contribution in [3.8, 4) is 10.4 Å². The Bertz CT molecular complexity index is 1160. The average molecular weight is 383 g/mol. The largest absolute Gasteiger partial charge is 0.310 e. The van der Waals surface area contributed by atoms with Crippen LogP contribution < -0.4 is 5.56 Å². The molecule has 0 radical (unpaired) electrons. The van der Waals surface area contributed by atoms with Crippen molar-refractivity contribution in [1.29, 1.82) is 0 Å². The van der Waals surface area contributed by atoms with Gasteiger partial charge in [-0.3, -0.25) is 14.9 Å². The molecule has 6 nitrogen and oxygen atoms in total. The molecule has 3 heterocycles. The summed E-state index contributed by atoms with van der Waals surface area (Å²) in [4.78, 5) is 33.3. The second-order valence-electron chi connectivity index (χ2n) is 5.80. The third-order valence-corrected chi connectivity index (χ3v) is 5.96. The molecule has 130 valence electrons. The van der Waals surface area contributed by atoms with Gasteiger partial charge in [0.1, 0.15) is 10.7 Å². The van der Waals surface area contributed by atoms with E-state index in [1.54, 1.807) is 23.5 Å². The number of aryl methyl sites for hydroxylation is 1. The fourth-order valence-corrected chi connectivity index (χ4v) is 4.85. The molecule has 0 spiro atoms. The number of hydrogen-bond acceptors (Lipinski definition) is 6. The number of H-pyrrole nitrogens is 1. The summed E-state index contributed by atoms with van der Waals surface area (Å²) < 4.78 is 0. The highest BCUT2D eigenvalue weighted by Gasteiger charge is 2.17. The number of aromatic nitrogens is 2. The molecule has 0 saturated carbocycles. The second kappa shape index (κ2) is 6.47. The van der Waals surface area contributed by atoms with Crippen LogP contribution >= 0.6 is 22.7 Å². The van der Waals surface area contributed by atoms with Crippen molar-refractivity contribution in [2.24, 2.45) is 0 Å². The molecule has 4 aromatic rings. The fourth-order valence-electron chi connectivity index (χ4n) is 2.89. The fraction of sp³-hybridized carbons (Fsp3) is 0.111. The molecule has 0 unspecified atom stereocenters. The standard InChI is InChI=1S/C18H13N3O3S2/c1-10-15(13-3-2-8-25-13)16-17(22)19-14(20-18(16)26-10)9-11-4-6-12(7-5-11)21(23)24/h2-8H,9H2,1H3,(H,19,20,22). The number of nitrogens with zero attached hydrogens (tertiary/aromatic N) is 2. The minimum atomic E-state index is -0.434. The van der Waals surface area contributed by atoms with Gasteiger partial charge in [-0.2, -0.15) is 0 Å². The smallest absolute Gasteiger partial charge is 0.269 e. The first kappa shape index (κ1) is 16.6. The van der Waals surface area contributed by atoms with Crippen LogP contribution in [0.4, 0.5) is 5.69 Å². The summed E-state index contributed by atoms with van der Waals surface area (Å²) in [6.45, 7) is 2.00. The number of non-ortho nitro benzene ring substituents is 1. The maximum atomic E-state index is 12.7. The summed E-state index contributed by atoms with van der Waals surface area (Å²) in [6, 6.07) is 10.2. The number of nitrogens with one attached hydrogen (secondary N) is 1. The Labute approximate surface area is 155 Å². The van der Waals surface area contributed by atoms with Gasteiger partial charge >= 0.3 is 0 Å². The molecule has 0 amide bonds. The zero-order valence-corrected chi connectivity index (χ0v) is 15.3. The summed E-state index contributed by atoms with van der Waals surface area (Å²) in [5, 5.41) is 13.4. The lowest BCUT2D eigenvalue weighted by Crippen LogP contribution is -2.11. The van der Waals surface area contributed by atoms with Crippen LogP contribution in [-0.4, -0.2) is 14.9 Å². The van der Waals surface area contributed by atoms with Crippen LogP contribution in [0.15, 0.2) is 46.6 Å². The number of aromatic amines is 1. The third kappa shape index (κ3) is 2.93. The Hall–Kier alpha value is -2.84. The van der Waals surface area contributed by atoms with Gasteiger partial charge in [0, 0.05) is 33.9 Å². The Morgan fingerprint density at radius 2 is 2.00 bits per heavy atom. The predicted octanol–water partition coefficient (Wildman–Crippen LogP) is 4.52. The minimum Gasteiger partial charge on any atom is -0.310 e. The first-order valence-corrected chi connectivity index (χ1v) is 9.52. The first-order chi connectivity index (χ1) is 12.5. The summed E-state index contributed by atoms with van der Waals surface area (Å²) in [5.74, 6) is 0.551. The van der Waals surface area contributed by atoms with Crippen LogP contribution in [0.1, 0.15) is 16.3 Å². The van der Waals surface area contributed by atoms with E-state index in [4.69, 9.17) is 0 Å². The van der Waals surface area contributed by atoms with Crippen molar-refractivity contribution in [2.45, 2.75) is 13.3 Å². The van der Waals surface area contributed by atoms with E-state index in [-0.39, 0.29) is 11.2 Å². The average Bonchev–Trinajstić information content (AvgIpc) is 3.22. The zero-order valence-electron chi connectivity index (χ0n) is 13.7. The van der Waals surface area contributed by atoms with Gasteiger partial charge in [0.2, 0.25) is 0 Å². The van der Waals surface area contributed by atoms with Gasteiger partial charge in [0.05, 0.1) is 10.3 Å². The molecule has 0 aliphatic heterocycles. The SMILES string of the molecule is Cc1sc2nc(Cc3ccc([N+](=O)[O-])cc3)[nH]c(=O)c2c1-c1cccs1. The van der Waals surface area contributed by atoms with E-state index in [2.05, 4.69) is 9.97 Å². The topological polar surface area (TPSA) is 88.9 Å². The quantitative estimate of drug-likeness (QED) is 0.414. The molecule has 0 aliphatic carbocycles. The Morgan fingerprint density at radius 1 is 1.23 bits per heavy atom. The van der Waals surface area contributed by atoms with E-state index in [1.165, 1.54) is 23.5 Å². The van der Waals surface area contributed by atoms with E-state index in [0.29, 0.717) is 22.5 Å². The van der Waals surface area contributed by atoms with E-state index in [0.717, 1.165) is 20.9 Å². The van der Waals surface area contributed by atoms with Gasteiger partial charge in [0.25, 0.3) is 11.2 Å². The molecule has 0 atom stereocenters. The van der Waals surface area contributed by atoms with Crippen molar-refractivity contribution in [3.63, 3.8) is 0 Å². The van der Waals surface area contributed by atoms with E-state index in [9.17, 15) is 14.9 Å². The van der Waals surface area contributed by atoms with Crippen LogP contribution in [0, 0.1) is 17.0 Å². The van der Waals surface area contributed by atoms with Crippen molar-refractivity contribution in [1.82, 2.24) is 9.97 Å². The lowest BCUT2D eigenvalue weighted by molar-refractivity contribution is -0.384. The number of fused-ring (bicyclic) bond motifs is 1. The molecule has 4 rings (SSSR count). The number of nitro groups is 1. The Morgan fingerprint density at radius 3 is 2.65 bits per heavy atom. The summed E-state index contributed by atoms with van der Waals surface area (Å²) in [5.41, 5.74) is 1.69. The molecule has 0 fully saturated rings. The molecule has 1 aromatic carbocycles. The van der Waals surface area contributed by atoms with Gasteiger partial charge < -0.3 is 4.98 Å². The second-order valence-corrected chi connectivity index (χ2v) is 7.95. The minimum absolute atomic E-state index is 0.0418. The van der Waals surface area contributed by atoms with E-state index in [1.807, 2.05) is 24.4 Å². The lowest BCUT2D eigenvalue weighted by atomic mass is 10.1. The molecule has 0 aliphatic rings. The highest BCUT2D eigenvalue weighted by atomic mass is 32.1. The van der Waals surface area contributed by atoms with Crippen molar-refractivity contribution in [2.75, 3.05) is 0 Å². The van der Waals surface area contributed by atoms with E-state index < -0.39 is 4.92 Å². The highest BCUT2D eigenvalue weighted by molar-refractivity contribution is 7.20. The van der Waals surface area contributed by atoms with Crippen LogP contribution in [0.5, 0.6) is 0 Å². The zero-order chi connectivity index (χ0) is 18.3. The summed E-state index contributed by atoms with van der Waals surface area (Å²) in [6.07, 6.45) is 0.411. The number of rotatable bonds is 4. The number of thiophene rings is 2.